The van der Waals surface area contributed by atoms with Crippen LogP contribution in [0.2, 0.25) is 0 Å². The molecule has 9 nitrogen and oxygen atoms in total. The first-order valence-corrected chi connectivity index (χ1v) is 11.1. The fourth-order valence-corrected chi connectivity index (χ4v) is 4.03. The van der Waals surface area contributed by atoms with Crippen LogP contribution in [0.5, 0.6) is 0 Å². The van der Waals surface area contributed by atoms with Gasteiger partial charge in [0.25, 0.3) is 5.56 Å². The van der Waals surface area contributed by atoms with Gasteiger partial charge < -0.3 is 5.32 Å². The van der Waals surface area contributed by atoms with Crippen molar-refractivity contribution in [1.82, 2.24) is 29.6 Å². The average molecular weight is 450 g/mol. The second-order valence-electron chi connectivity index (χ2n) is 7.17. The molecule has 1 N–H and O–H groups in total. The number of carbonyl (C=O) groups is 1. The van der Waals surface area contributed by atoms with Crippen molar-refractivity contribution in [3.63, 3.8) is 0 Å². The maximum atomic E-state index is 13.2. The van der Waals surface area contributed by atoms with E-state index >= 15 is 0 Å². The third-order valence-electron chi connectivity index (χ3n) is 5.15. The zero-order chi connectivity index (χ0) is 22.7. The topological polar surface area (TPSA) is 99.6 Å². The van der Waals surface area contributed by atoms with E-state index in [2.05, 4.69) is 27.8 Å². The summed E-state index contributed by atoms with van der Waals surface area (Å²) in [5.41, 5.74) is 3.48. The Bertz CT molecular complexity index is 1290. The van der Waals surface area contributed by atoms with Crippen LogP contribution < -0.4 is 10.9 Å². The fourth-order valence-electron chi connectivity index (χ4n) is 3.36. The highest BCUT2D eigenvalue weighted by molar-refractivity contribution is 7.99. The van der Waals surface area contributed by atoms with Crippen LogP contribution in [-0.2, 0) is 18.3 Å². The molecule has 2 heterocycles. The molecule has 0 fully saturated rings. The fraction of sp³-hybridized carbons (Fsp3) is 0.227. The van der Waals surface area contributed by atoms with Gasteiger partial charge in [0.15, 0.2) is 5.69 Å². The molecule has 0 atom stereocenters. The Hall–Kier alpha value is -3.66. The highest BCUT2D eigenvalue weighted by Gasteiger charge is 2.22. The lowest BCUT2D eigenvalue weighted by Gasteiger charge is -2.07. The summed E-state index contributed by atoms with van der Waals surface area (Å²) in [6.07, 6.45) is 0.942. The van der Waals surface area contributed by atoms with Crippen LogP contribution >= 0.6 is 11.8 Å². The van der Waals surface area contributed by atoms with Crippen molar-refractivity contribution in [3.8, 4) is 11.4 Å². The van der Waals surface area contributed by atoms with E-state index in [9.17, 15) is 9.59 Å². The van der Waals surface area contributed by atoms with Crippen LogP contribution in [0, 0.1) is 6.92 Å². The number of aryl methyl sites for hydroxylation is 1. The quantitative estimate of drug-likeness (QED) is 0.436. The van der Waals surface area contributed by atoms with Gasteiger partial charge in [0.2, 0.25) is 11.1 Å². The molecule has 0 radical (unpaired) electrons. The summed E-state index contributed by atoms with van der Waals surface area (Å²) in [4.78, 5) is 25.6. The van der Waals surface area contributed by atoms with E-state index in [1.807, 2.05) is 68.6 Å². The molecule has 0 saturated carbocycles. The summed E-state index contributed by atoms with van der Waals surface area (Å²) in [5.74, 6) is -0.0745. The third kappa shape index (κ3) is 4.22. The van der Waals surface area contributed by atoms with Crippen LogP contribution in [0.25, 0.3) is 11.4 Å². The first kappa shape index (κ1) is 21.6. The molecule has 4 aromatic rings. The molecule has 2 aromatic carbocycles. The third-order valence-corrected chi connectivity index (χ3v) is 6.07. The van der Waals surface area contributed by atoms with Crippen molar-refractivity contribution in [1.29, 1.82) is 0 Å². The van der Waals surface area contributed by atoms with Crippen LogP contribution in [0.4, 0.5) is 5.69 Å². The largest absolute Gasteiger partial charge is 0.325 e. The maximum absolute atomic E-state index is 13.2. The number of benzene rings is 2. The van der Waals surface area contributed by atoms with Crippen molar-refractivity contribution < 1.29 is 4.79 Å². The first-order chi connectivity index (χ1) is 15.5. The van der Waals surface area contributed by atoms with Gasteiger partial charge in [-0.15, -0.1) is 5.10 Å². The number of hydrogen-bond acceptors (Lipinski definition) is 6. The van der Waals surface area contributed by atoms with Gasteiger partial charge >= 0.3 is 0 Å². The Morgan fingerprint density at radius 1 is 1.09 bits per heavy atom. The number of nitrogens with one attached hydrogen (secondary N) is 1. The number of anilines is 1. The van der Waals surface area contributed by atoms with Crippen molar-refractivity contribution in [2.75, 3.05) is 11.1 Å². The van der Waals surface area contributed by atoms with E-state index in [1.54, 1.807) is 9.36 Å². The Labute approximate surface area is 189 Å². The number of nitrogens with zero attached hydrogens (tertiary/aromatic N) is 6. The van der Waals surface area contributed by atoms with Crippen LogP contribution in [0.3, 0.4) is 0 Å². The standard InChI is InChI=1S/C22H23N7O2S/c1-4-16-10-12-17(13-11-16)23-19(30)14-32-22-24-25-26-28(22)20-15(2)27(3)29(21(20)31)18-8-6-5-7-9-18/h5-13H,4,14H2,1-3H3,(H,23,30). The molecule has 0 spiro atoms. The highest BCUT2D eigenvalue weighted by Crippen LogP contribution is 2.20. The molecule has 32 heavy (non-hydrogen) atoms. The Morgan fingerprint density at radius 3 is 2.50 bits per heavy atom. The van der Waals surface area contributed by atoms with Gasteiger partial charge in [-0.2, -0.15) is 4.68 Å². The molecule has 4 rings (SSSR count). The Balaban J connectivity index is 1.54. The second kappa shape index (κ2) is 9.23. The van der Waals surface area contributed by atoms with Gasteiger partial charge in [0.05, 0.1) is 17.1 Å². The van der Waals surface area contributed by atoms with Gasteiger partial charge in [-0.1, -0.05) is 49.0 Å². The van der Waals surface area contributed by atoms with Gasteiger partial charge in [0.1, 0.15) is 0 Å². The SMILES string of the molecule is CCc1ccc(NC(=O)CSc2nnnn2-c2c(C)n(C)n(-c3ccccc3)c2=O)cc1. The summed E-state index contributed by atoms with van der Waals surface area (Å²) in [7, 11) is 1.81. The number of carbonyl (C=O) groups excluding carboxylic acids is 1. The molecule has 0 aliphatic heterocycles. The molecule has 164 valence electrons. The maximum Gasteiger partial charge on any atom is 0.297 e. The molecule has 0 aliphatic carbocycles. The monoisotopic (exact) mass is 449 g/mol. The van der Waals surface area contributed by atoms with Gasteiger partial charge in [0, 0.05) is 12.7 Å². The second-order valence-corrected chi connectivity index (χ2v) is 8.11. The number of aromatic nitrogens is 6. The normalized spacial score (nSPS) is 11.0. The van der Waals surface area contributed by atoms with Crippen LogP contribution in [0.1, 0.15) is 18.2 Å². The van der Waals surface area contributed by atoms with E-state index in [0.29, 0.717) is 16.5 Å². The zero-order valence-electron chi connectivity index (χ0n) is 18.0. The minimum atomic E-state index is -0.245. The summed E-state index contributed by atoms with van der Waals surface area (Å²) >= 11 is 1.17. The lowest BCUT2D eigenvalue weighted by molar-refractivity contribution is -0.113. The lowest BCUT2D eigenvalue weighted by Crippen LogP contribution is -2.22. The summed E-state index contributed by atoms with van der Waals surface area (Å²) in [6, 6.07) is 17.1. The number of hydrogen-bond donors (Lipinski definition) is 1. The van der Waals surface area contributed by atoms with Gasteiger partial charge in [-0.25, -0.2) is 4.68 Å². The van der Waals surface area contributed by atoms with E-state index in [1.165, 1.54) is 22.0 Å². The van der Waals surface area contributed by atoms with E-state index in [0.717, 1.165) is 17.8 Å². The summed E-state index contributed by atoms with van der Waals surface area (Å²) in [5, 5.41) is 15.0. The molecule has 10 heteroatoms. The molecule has 0 saturated heterocycles. The Kier molecular flexibility index (Phi) is 6.22. The number of tetrazole rings is 1. The molecular weight excluding hydrogens is 426 g/mol. The highest BCUT2D eigenvalue weighted by atomic mass is 32.2. The lowest BCUT2D eigenvalue weighted by atomic mass is 10.1. The first-order valence-electron chi connectivity index (χ1n) is 10.1. The van der Waals surface area contributed by atoms with Crippen molar-refractivity contribution in [2.24, 2.45) is 7.05 Å². The predicted octanol–water partition coefficient (Wildman–Crippen LogP) is 2.75. The minimum Gasteiger partial charge on any atom is -0.325 e. The summed E-state index contributed by atoms with van der Waals surface area (Å²) in [6.45, 7) is 3.91. The number of amides is 1. The van der Waals surface area contributed by atoms with E-state index in [-0.39, 0.29) is 17.2 Å². The van der Waals surface area contributed by atoms with E-state index in [4.69, 9.17) is 0 Å². The number of para-hydroxylation sites is 1. The number of thioether (sulfide) groups is 1. The average Bonchev–Trinajstić information content (AvgIpc) is 3.35. The van der Waals surface area contributed by atoms with Crippen molar-refractivity contribution >= 4 is 23.4 Å². The molecular formula is C22H23N7O2S. The van der Waals surface area contributed by atoms with Crippen molar-refractivity contribution in [2.45, 2.75) is 25.4 Å². The number of rotatable bonds is 7. The van der Waals surface area contributed by atoms with Crippen LogP contribution in [-0.4, -0.2) is 41.2 Å². The predicted molar refractivity (Wildman–Crippen MR) is 124 cm³/mol. The van der Waals surface area contributed by atoms with Crippen molar-refractivity contribution in [3.05, 3.63) is 76.2 Å². The Morgan fingerprint density at radius 2 is 1.81 bits per heavy atom. The van der Waals surface area contributed by atoms with E-state index < -0.39 is 0 Å². The summed E-state index contributed by atoms with van der Waals surface area (Å²) < 4.78 is 4.72. The molecule has 0 aliphatic rings. The molecule has 0 bridgehead atoms. The van der Waals surface area contributed by atoms with Gasteiger partial charge in [-0.3, -0.25) is 14.3 Å². The molecule has 0 unspecified atom stereocenters. The molecule has 2 aromatic heterocycles. The van der Waals surface area contributed by atoms with Crippen LogP contribution in [0.15, 0.2) is 64.5 Å². The van der Waals surface area contributed by atoms with Gasteiger partial charge in [-0.05, 0) is 53.6 Å². The smallest absolute Gasteiger partial charge is 0.297 e. The minimum absolute atomic E-state index is 0.106. The molecule has 1 amide bonds. The zero-order valence-corrected chi connectivity index (χ0v) is 18.8.